The summed E-state index contributed by atoms with van der Waals surface area (Å²) in [7, 11) is 3.13. The molecule has 8 nitrogen and oxygen atoms in total. The van der Waals surface area contributed by atoms with Gasteiger partial charge in [-0.1, -0.05) is 6.07 Å². The van der Waals surface area contributed by atoms with E-state index in [4.69, 9.17) is 19.9 Å². The first kappa shape index (κ1) is 27.1. The minimum Gasteiger partial charge on any atom is -0.496 e. The van der Waals surface area contributed by atoms with Gasteiger partial charge in [0.1, 0.15) is 11.5 Å². The number of benzene rings is 2. The van der Waals surface area contributed by atoms with Crippen LogP contribution in [0.1, 0.15) is 22.3 Å². The number of methoxy groups -OCH3 is 2. The summed E-state index contributed by atoms with van der Waals surface area (Å²) < 4.78 is 18.8. The van der Waals surface area contributed by atoms with E-state index in [1.807, 2.05) is 22.9 Å². The molecule has 3 rings (SSSR count). The van der Waals surface area contributed by atoms with E-state index in [-0.39, 0.29) is 37.3 Å². The first-order chi connectivity index (χ1) is 14.7. The molecule has 0 radical (unpaired) electrons. The van der Waals surface area contributed by atoms with E-state index in [0.717, 1.165) is 18.5 Å². The van der Waals surface area contributed by atoms with Gasteiger partial charge in [-0.3, -0.25) is 4.79 Å². The van der Waals surface area contributed by atoms with Gasteiger partial charge in [0.15, 0.2) is 11.5 Å². The van der Waals surface area contributed by atoms with Crippen molar-refractivity contribution in [2.75, 3.05) is 20.8 Å². The molecule has 10 heteroatoms. The van der Waals surface area contributed by atoms with Gasteiger partial charge in [0.25, 0.3) is 5.91 Å². The molecule has 3 aromatic rings. The zero-order valence-electron chi connectivity index (χ0n) is 17.9. The molecule has 174 valence electrons. The highest BCUT2D eigenvalue weighted by molar-refractivity contribution is 5.94. The normalized spacial score (nSPS) is 9.84. The Morgan fingerprint density at radius 2 is 1.81 bits per heavy atom. The van der Waals surface area contributed by atoms with E-state index in [1.54, 1.807) is 51.0 Å². The third-order valence-electron chi connectivity index (χ3n) is 4.60. The van der Waals surface area contributed by atoms with Crippen molar-refractivity contribution in [2.45, 2.75) is 19.5 Å². The summed E-state index contributed by atoms with van der Waals surface area (Å²) >= 11 is 0. The summed E-state index contributed by atoms with van der Waals surface area (Å²) in [5.41, 5.74) is 7.08. The van der Waals surface area contributed by atoms with Crippen LogP contribution in [0, 0.1) is 0 Å². The molecule has 0 saturated heterocycles. The first-order valence-corrected chi connectivity index (χ1v) is 9.62. The maximum atomic E-state index is 12.6. The van der Waals surface area contributed by atoms with Gasteiger partial charge >= 0.3 is 0 Å². The van der Waals surface area contributed by atoms with Gasteiger partial charge in [-0.25, -0.2) is 4.98 Å². The average Bonchev–Trinajstić information content (AvgIpc) is 3.30. The van der Waals surface area contributed by atoms with Crippen LogP contribution in [0.5, 0.6) is 23.0 Å². The molecule has 0 spiro atoms. The van der Waals surface area contributed by atoms with Crippen molar-refractivity contribution in [2.24, 2.45) is 5.73 Å². The minimum absolute atomic E-state index is 0. The fourth-order valence-corrected chi connectivity index (χ4v) is 3.03. The molecule has 0 aliphatic carbocycles. The number of amides is 1. The van der Waals surface area contributed by atoms with Crippen molar-refractivity contribution < 1.29 is 19.0 Å². The van der Waals surface area contributed by atoms with Crippen molar-refractivity contribution in [1.82, 2.24) is 14.9 Å². The Morgan fingerprint density at radius 3 is 2.47 bits per heavy atom. The fraction of sp³-hybridized carbons (Fsp3) is 0.273. The summed E-state index contributed by atoms with van der Waals surface area (Å²) in [6, 6.07) is 10.5. The number of aromatic nitrogens is 2. The maximum absolute atomic E-state index is 12.6. The molecule has 0 fully saturated rings. The van der Waals surface area contributed by atoms with Crippen LogP contribution in [0.4, 0.5) is 0 Å². The topological polar surface area (TPSA) is 101 Å². The molecule has 0 aliphatic heterocycles. The van der Waals surface area contributed by atoms with Crippen LogP contribution < -0.4 is 25.3 Å². The Hall–Kier alpha value is -2.94. The molecule has 0 saturated carbocycles. The van der Waals surface area contributed by atoms with Crippen LogP contribution in [0.3, 0.4) is 0 Å². The standard InChI is InChI=1S/C22H26N4O4.2ClH/c1-28-18-5-3-6-19(17(18)14-23)30-21-13-16(7-8-20(21)29-2)22(27)25-9-4-11-26-12-10-24-15-26;;/h3,5-8,10,12-13,15H,4,9,11,14,23H2,1-2H3,(H,25,27);2*1H. The summed E-state index contributed by atoms with van der Waals surface area (Å²) in [5.74, 6) is 1.94. The Balaban J connectivity index is 0.00000256. The molecule has 0 unspecified atom stereocenters. The van der Waals surface area contributed by atoms with E-state index < -0.39 is 0 Å². The van der Waals surface area contributed by atoms with Crippen molar-refractivity contribution in [3.8, 4) is 23.0 Å². The third kappa shape index (κ3) is 6.78. The van der Waals surface area contributed by atoms with E-state index >= 15 is 0 Å². The predicted octanol–water partition coefficient (Wildman–Crippen LogP) is 3.82. The number of nitrogens with two attached hydrogens (primary N) is 1. The monoisotopic (exact) mass is 482 g/mol. The van der Waals surface area contributed by atoms with E-state index in [9.17, 15) is 4.79 Å². The van der Waals surface area contributed by atoms with Gasteiger partial charge in [0.05, 0.1) is 26.1 Å². The molecule has 2 aromatic carbocycles. The highest BCUT2D eigenvalue weighted by Gasteiger charge is 2.15. The first-order valence-electron chi connectivity index (χ1n) is 9.62. The lowest BCUT2D eigenvalue weighted by Gasteiger charge is -2.16. The van der Waals surface area contributed by atoms with E-state index in [2.05, 4.69) is 10.3 Å². The van der Waals surface area contributed by atoms with Crippen LogP contribution in [0.2, 0.25) is 0 Å². The zero-order chi connectivity index (χ0) is 21.3. The number of nitrogens with zero attached hydrogens (tertiary/aromatic N) is 2. The second kappa shape index (κ2) is 13.5. The van der Waals surface area contributed by atoms with Crippen molar-refractivity contribution in [3.05, 3.63) is 66.2 Å². The lowest BCUT2D eigenvalue weighted by molar-refractivity contribution is 0.0952. The molecule has 0 atom stereocenters. The average molecular weight is 483 g/mol. The quantitative estimate of drug-likeness (QED) is 0.426. The number of hydrogen-bond acceptors (Lipinski definition) is 6. The number of imidazole rings is 1. The number of carbonyl (C=O) groups excluding carboxylic acids is 1. The summed E-state index contributed by atoms with van der Waals surface area (Å²) in [6.07, 6.45) is 6.17. The predicted molar refractivity (Wildman–Crippen MR) is 128 cm³/mol. The van der Waals surface area contributed by atoms with Gasteiger partial charge in [0.2, 0.25) is 0 Å². The van der Waals surface area contributed by atoms with Gasteiger partial charge < -0.3 is 29.8 Å². The van der Waals surface area contributed by atoms with Crippen LogP contribution in [0.15, 0.2) is 55.1 Å². The molecule has 0 aliphatic rings. The molecule has 0 bridgehead atoms. The number of hydrogen-bond donors (Lipinski definition) is 2. The number of halogens is 2. The van der Waals surface area contributed by atoms with Gasteiger partial charge in [-0.05, 0) is 36.8 Å². The van der Waals surface area contributed by atoms with Crippen molar-refractivity contribution in [3.63, 3.8) is 0 Å². The van der Waals surface area contributed by atoms with Crippen LogP contribution in [0.25, 0.3) is 0 Å². The number of aryl methyl sites for hydroxylation is 1. The van der Waals surface area contributed by atoms with Crippen LogP contribution in [-0.4, -0.2) is 36.2 Å². The van der Waals surface area contributed by atoms with Crippen molar-refractivity contribution >= 4 is 30.7 Å². The fourth-order valence-electron chi connectivity index (χ4n) is 3.03. The van der Waals surface area contributed by atoms with Gasteiger partial charge in [-0.15, -0.1) is 24.8 Å². The summed E-state index contributed by atoms with van der Waals surface area (Å²) in [6.45, 7) is 1.58. The van der Waals surface area contributed by atoms with Gasteiger partial charge in [0, 0.05) is 37.6 Å². The Bertz CT molecular complexity index is 984. The van der Waals surface area contributed by atoms with Crippen molar-refractivity contribution in [1.29, 1.82) is 0 Å². The lowest BCUT2D eigenvalue weighted by atomic mass is 10.1. The van der Waals surface area contributed by atoms with E-state index in [1.165, 1.54) is 0 Å². The Labute approximate surface area is 199 Å². The van der Waals surface area contributed by atoms with Crippen LogP contribution in [-0.2, 0) is 13.1 Å². The third-order valence-corrected chi connectivity index (χ3v) is 4.60. The second-order valence-corrected chi connectivity index (χ2v) is 6.52. The number of rotatable bonds is 10. The minimum atomic E-state index is -0.183. The Kier molecular flexibility index (Phi) is 11.4. The van der Waals surface area contributed by atoms with Gasteiger partial charge in [-0.2, -0.15) is 0 Å². The zero-order valence-corrected chi connectivity index (χ0v) is 19.6. The Morgan fingerprint density at radius 1 is 1.06 bits per heavy atom. The number of ether oxygens (including phenoxy) is 3. The molecular weight excluding hydrogens is 455 g/mol. The largest absolute Gasteiger partial charge is 0.496 e. The summed E-state index contributed by atoms with van der Waals surface area (Å²) in [4.78, 5) is 16.6. The molecule has 32 heavy (non-hydrogen) atoms. The highest BCUT2D eigenvalue weighted by Crippen LogP contribution is 2.36. The second-order valence-electron chi connectivity index (χ2n) is 6.52. The number of carbonyl (C=O) groups is 1. The van der Waals surface area contributed by atoms with Crippen LogP contribution >= 0.6 is 24.8 Å². The highest BCUT2D eigenvalue weighted by atomic mass is 35.5. The lowest BCUT2D eigenvalue weighted by Crippen LogP contribution is -2.25. The molecule has 3 N–H and O–H groups in total. The number of nitrogens with one attached hydrogen (secondary N) is 1. The molecular formula is C22H28Cl2N4O4. The molecule has 1 amide bonds. The maximum Gasteiger partial charge on any atom is 0.251 e. The summed E-state index contributed by atoms with van der Waals surface area (Å²) in [5, 5.41) is 2.92. The SMILES string of the molecule is COc1ccc(C(=O)NCCCn2ccnc2)cc1Oc1cccc(OC)c1CN.Cl.Cl. The van der Waals surface area contributed by atoms with E-state index in [0.29, 0.717) is 35.1 Å². The smallest absolute Gasteiger partial charge is 0.251 e. The molecule has 1 aromatic heterocycles. The molecule has 1 heterocycles.